The molecular formula is C18H21ClN6O2. The molecule has 0 aliphatic carbocycles. The molecule has 2 atom stereocenters. The first kappa shape index (κ1) is 17.8. The third kappa shape index (κ3) is 2.84. The lowest BCUT2D eigenvalue weighted by atomic mass is 10.1. The van der Waals surface area contributed by atoms with Crippen LogP contribution in [0.1, 0.15) is 26.4 Å². The Labute approximate surface area is 162 Å². The van der Waals surface area contributed by atoms with E-state index in [0.717, 1.165) is 12.0 Å². The minimum absolute atomic E-state index is 0.306. The van der Waals surface area contributed by atoms with Gasteiger partial charge in [-0.15, -0.1) is 10.2 Å². The zero-order valence-corrected chi connectivity index (χ0v) is 16.1. The van der Waals surface area contributed by atoms with E-state index >= 15 is 0 Å². The molecule has 142 valence electrons. The van der Waals surface area contributed by atoms with Crippen molar-refractivity contribution in [3.63, 3.8) is 0 Å². The van der Waals surface area contributed by atoms with Crippen LogP contribution in [0.3, 0.4) is 0 Å². The van der Waals surface area contributed by atoms with Gasteiger partial charge < -0.3 is 9.80 Å². The molecule has 3 heterocycles. The number of hydrogen-bond acceptors (Lipinski definition) is 5. The van der Waals surface area contributed by atoms with Crippen LogP contribution in [0, 0.1) is 5.92 Å². The van der Waals surface area contributed by atoms with Gasteiger partial charge in [-0.1, -0.05) is 25.4 Å². The predicted octanol–water partition coefficient (Wildman–Crippen LogP) is 2.51. The summed E-state index contributed by atoms with van der Waals surface area (Å²) in [7, 11) is 1.68. The second-order valence-corrected chi connectivity index (χ2v) is 7.78. The maximum absolute atomic E-state index is 12.7. The van der Waals surface area contributed by atoms with Crippen molar-refractivity contribution in [3.8, 4) is 11.4 Å². The van der Waals surface area contributed by atoms with Gasteiger partial charge in [-0.25, -0.2) is 4.79 Å². The van der Waals surface area contributed by atoms with Crippen LogP contribution in [-0.2, 0) is 4.79 Å². The van der Waals surface area contributed by atoms with Crippen molar-refractivity contribution in [2.45, 2.75) is 32.5 Å². The van der Waals surface area contributed by atoms with E-state index in [-0.39, 0.29) is 5.91 Å². The third-order valence-electron chi connectivity index (χ3n) is 5.08. The Morgan fingerprint density at radius 3 is 2.56 bits per heavy atom. The molecule has 4 rings (SSSR count). The summed E-state index contributed by atoms with van der Waals surface area (Å²) in [6.07, 6.45) is 0.409. The van der Waals surface area contributed by atoms with Crippen molar-refractivity contribution in [1.29, 1.82) is 0 Å². The lowest BCUT2D eigenvalue weighted by Gasteiger charge is -2.37. The van der Waals surface area contributed by atoms with E-state index in [0.29, 0.717) is 29.3 Å². The molecule has 2 aromatic rings. The van der Waals surface area contributed by atoms with Crippen LogP contribution < -0.4 is 10.2 Å². The van der Waals surface area contributed by atoms with Gasteiger partial charge in [0.1, 0.15) is 6.17 Å². The van der Waals surface area contributed by atoms with E-state index < -0.39 is 18.2 Å². The summed E-state index contributed by atoms with van der Waals surface area (Å²) in [5, 5.41) is 11.8. The lowest BCUT2D eigenvalue weighted by molar-refractivity contribution is -0.124. The van der Waals surface area contributed by atoms with Crippen LogP contribution >= 0.6 is 11.6 Å². The van der Waals surface area contributed by atoms with Gasteiger partial charge in [-0.05, 0) is 36.6 Å². The highest BCUT2D eigenvalue weighted by Gasteiger charge is 2.52. The number of halogens is 1. The van der Waals surface area contributed by atoms with Gasteiger partial charge in [-0.2, -0.15) is 0 Å². The smallest absolute Gasteiger partial charge is 0.325 e. The number of imide groups is 1. The fourth-order valence-corrected chi connectivity index (χ4v) is 3.76. The van der Waals surface area contributed by atoms with Gasteiger partial charge in [-0.3, -0.25) is 14.7 Å². The molecule has 9 heteroatoms. The van der Waals surface area contributed by atoms with Crippen LogP contribution in [0.15, 0.2) is 24.3 Å². The lowest BCUT2D eigenvalue weighted by Crippen LogP contribution is -2.61. The molecule has 27 heavy (non-hydrogen) atoms. The molecule has 1 aromatic heterocycles. The topological polar surface area (TPSA) is 83.4 Å². The van der Waals surface area contributed by atoms with E-state index in [1.54, 1.807) is 19.2 Å². The Morgan fingerprint density at radius 1 is 1.19 bits per heavy atom. The zero-order valence-electron chi connectivity index (χ0n) is 15.4. The minimum Gasteiger partial charge on any atom is -0.325 e. The van der Waals surface area contributed by atoms with Gasteiger partial charge in [0.25, 0.3) is 5.91 Å². The van der Waals surface area contributed by atoms with Gasteiger partial charge >= 0.3 is 6.03 Å². The molecule has 1 aromatic carbocycles. The van der Waals surface area contributed by atoms with Crippen LogP contribution in [0.25, 0.3) is 11.4 Å². The molecule has 8 nitrogen and oxygen atoms in total. The number of rotatable bonds is 4. The summed E-state index contributed by atoms with van der Waals surface area (Å²) < 4.78 is 1.88. The Bertz CT molecular complexity index is 894. The van der Waals surface area contributed by atoms with E-state index in [4.69, 9.17) is 11.6 Å². The monoisotopic (exact) mass is 388 g/mol. The number of aromatic nitrogens is 3. The number of nitrogens with zero attached hydrogens (tertiary/aromatic N) is 5. The molecule has 0 radical (unpaired) electrons. The maximum Gasteiger partial charge on any atom is 0.325 e. The Kier molecular flexibility index (Phi) is 4.30. The molecule has 1 N–H and O–H groups in total. The van der Waals surface area contributed by atoms with E-state index in [1.165, 1.54) is 4.90 Å². The SMILES string of the molecule is CC(C)CCN1c2nnc(-c3ccc(Cl)cc3)n2C2C1C(=O)NC(=O)N2C. The first-order valence-corrected chi connectivity index (χ1v) is 9.31. The average molecular weight is 389 g/mol. The summed E-state index contributed by atoms with van der Waals surface area (Å²) in [6, 6.07) is 6.33. The van der Waals surface area contributed by atoms with E-state index in [9.17, 15) is 9.59 Å². The number of amides is 3. The predicted molar refractivity (Wildman–Crippen MR) is 101 cm³/mol. The average Bonchev–Trinajstić information content (AvgIpc) is 3.17. The summed E-state index contributed by atoms with van der Waals surface area (Å²) in [4.78, 5) is 28.4. The Morgan fingerprint density at radius 2 is 1.89 bits per heavy atom. The van der Waals surface area contributed by atoms with Crippen LogP contribution in [-0.4, -0.2) is 51.2 Å². The van der Waals surface area contributed by atoms with Crippen LogP contribution in [0.4, 0.5) is 10.7 Å². The normalized spacial score (nSPS) is 21.5. The Hall–Kier alpha value is -2.61. The molecular weight excluding hydrogens is 368 g/mol. The van der Waals surface area contributed by atoms with Crippen molar-refractivity contribution >= 4 is 29.5 Å². The van der Waals surface area contributed by atoms with Gasteiger partial charge in [0.05, 0.1) is 0 Å². The summed E-state index contributed by atoms with van der Waals surface area (Å²) in [5.74, 6) is 1.38. The largest absolute Gasteiger partial charge is 0.325 e. The maximum atomic E-state index is 12.7. The fraction of sp³-hybridized carbons (Fsp3) is 0.444. The van der Waals surface area contributed by atoms with Gasteiger partial charge in [0, 0.05) is 24.2 Å². The summed E-state index contributed by atoms with van der Waals surface area (Å²) in [5.41, 5.74) is 0.828. The van der Waals surface area contributed by atoms with Crippen molar-refractivity contribution in [2.75, 3.05) is 18.5 Å². The number of urea groups is 1. The highest BCUT2D eigenvalue weighted by Crippen LogP contribution is 2.41. The number of hydrogen-bond donors (Lipinski definition) is 1. The van der Waals surface area contributed by atoms with Crippen LogP contribution in [0.5, 0.6) is 0 Å². The highest BCUT2D eigenvalue weighted by atomic mass is 35.5. The molecule has 2 aliphatic heterocycles. The van der Waals surface area contributed by atoms with Crippen LogP contribution in [0.2, 0.25) is 5.02 Å². The first-order valence-electron chi connectivity index (χ1n) is 8.93. The third-order valence-corrected chi connectivity index (χ3v) is 5.34. The van der Waals surface area contributed by atoms with E-state index in [1.807, 2.05) is 21.6 Å². The molecule has 0 saturated carbocycles. The number of benzene rings is 1. The van der Waals surface area contributed by atoms with Gasteiger partial charge in [0.15, 0.2) is 11.9 Å². The van der Waals surface area contributed by atoms with Crippen molar-refractivity contribution in [3.05, 3.63) is 29.3 Å². The second kappa shape index (κ2) is 6.53. The molecule has 1 saturated heterocycles. The van der Waals surface area contributed by atoms with E-state index in [2.05, 4.69) is 29.4 Å². The standard InChI is InChI=1S/C18H21ClN6O2/c1-10(2)8-9-24-13-15(26)20-18(27)23(3)16(13)25-14(21-22-17(24)25)11-4-6-12(19)7-5-11/h4-7,10,13,16H,8-9H2,1-3H3,(H,20,26,27). The Balaban J connectivity index is 1.82. The molecule has 0 spiro atoms. The second-order valence-electron chi connectivity index (χ2n) is 7.34. The molecule has 0 bridgehead atoms. The number of nitrogens with one attached hydrogen (secondary N) is 1. The van der Waals surface area contributed by atoms with Crippen molar-refractivity contribution < 1.29 is 9.59 Å². The van der Waals surface area contributed by atoms with Crippen molar-refractivity contribution in [2.24, 2.45) is 5.92 Å². The molecule has 2 aliphatic rings. The fourth-order valence-electron chi connectivity index (χ4n) is 3.63. The number of carbonyl (C=O) groups is 2. The number of carbonyl (C=O) groups excluding carboxylic acids is 2. The zero-order chi connectivity index (χ0) is 19.3. The van der Waals surface area contributed by atoms with Gasteiger partial charge in [0.2, 0.25) is 5.95 Å². The molecule has 3 amide bonds. The first-order chi connectivity index (χ1) is 12.9. The minimum atomic E-state index is -0.525. The number of fused-ring (bicyclic) bond motifs is 3. The summed E-state index contributed by atoms with van der Waals surface area (Å²) >= 11 is 6.00. The number of likely N-dealkylation sites (N-methyl/N-ethyl adjacent to an activating group) is 1. The highest BCUT2D eigenvalue weighted by molar-refractivity contribution is 6.30. The summed E-state index contributed by atoms with van der Waals surface area (Å²) in [6.45, 7) is 4.93. The number of anilines is 1. The molecule has 1 fully saturated rings. The molecule has 2 unspecified atom stereocenters. The van der Waals surface area contributed by atoms with Crippen molar-refractivity contribution in [1.82, 2.24) is 25.0 Å². The quantitative estimate of drug-likeness (QED) is 0.870.